The first-order chi connectivity index (χ1) is 7.07. The third kappa shape index (κ3) is 1.48. The fourth-order valence-corrected chi connectivity index (χ4v) is 4.62. The van der Waals surface area contributed by atoms with Crippen LogP contribution in [0, 0.1) is 29.1 Å². The van der Waals surface area contributed by atoms with Crippen LogP contribution in [-0.2, 0) is 4.79 Å². The molecule has 0 aromatic heterocycles. The van der Waals surface area contributed by atoms with Crippen molar-refractivity contribution in [2.45, 2.75) is 32.1 Å². The van der Waals surface area contributed by atoms with Gasteiger partial charge in [-0.05, 0) is 62.3 Å². The third-order valence-electron chi connectivity index (χ3n) is 4.87. The molecule has 4 N–H and O–H groups in total. The summed E-state index contributed by atoms with van der Waals surface area (Å²) in [6, 6.07) is 0. The van der Waals surface area contributed by atoms with E-state index >= 15 is 0 Å². The average Bonchev–Trinajstić information content (AvgIpc) is 2.15. The van der Waals surface area contributed by atoms with Gasteiger partial charge in [0, 0.05) is 0 Å². The van der Waals surface area contributed by atoms with E-state index in [1.165, 1.54) is 19.3 Å². The van der Waals surface area contributed by atoms with Gasteiger partial charge in [0.2, 0.25) is 5.91 Å². The van der Waals surface area contributed by atoms with E-state index in [-0.39, 0.29) is 29.1 Å². The maximum Gasteiger partial charge on any atom is 0.223 e. The summed E-state index contributed by atoms with van der Waals surface area (Å²) in [5.74, 6) is 1.18. The van der Waals surface area contributed by atoms with E-state index in [4.69, 9.17) is 11.5 Å². The number of rotatable bonds is 2. The molecule has 0 saturated heterocycles. The monoisotopic (exact) mass is 243 g/mol. The molecule has 4 unspecified atom stereocenters. The molecule has 0 aliphatic heterocycles. The Morgan fingerprint density at radius 1 is 1.38 bits per heavy atom. The molecule has 4 aliphatic rings. The Morgan fingerprint density at radius 3 is 2.69 bits per heavy atom. The molecule has 0 heterocycles. The summed E-state index contributed by atoms with van der Waals surface area (Å²) >= 11 is 0. The van der Waals surface area contributed by atoms with Gasteiger partial charge in [0.25, 0.3) is 0 Å². The molecular formula is C12H20ClN2O. The topological polar surface area (TPSA) is 69.1 Å². The van der Waals surface area contributed by atoms with Gasteiger partial charge >= 0.3 is 0 Å². The van der Waals surface area contributed by atoms with E-state index in [0.717, 1.165) is 19.4 Å². The highest BCUT2D eigenvalue weighted by atomic mass is 35.5. The van der Waals surface area contributed by atoms with Crippen molar-refractivity contribution in [1.29, 1.82) is 0 Å². The van der Waals surface area contributed by atoms with Crippen molar-refractivity contribution >= 4 is 18.3 Å². The summed E-state index contributed by atoms with van der Waals surface area (Å²) in [5.41, 5.74) is 11.4. The predicted molar refractivity (Wildman–Crippen MR) is 64.7 cm³/mol. The Hall–Kier alpha value is -0.280. The minimum absolute atomic E-state index is 0. The smallest absolute Gasteiger partial charge is 0.223 e. The lowest BCUT2D eigenvalue weighted by Gasteiger charge is -2.60. The van der Waals surface area contributed by atoms with Crippen LogP contribution in [0.2, 0.25) is 0 Å². The molecule has 3 nitrogen and oxygen atoms in total. The van der Waals surface area contributed by atoms with Crippen molar-refractivity contribution in [3.8, 4) is 0 Å². The first kappa shape index (κ1) is 12.2. The summed E-state index contributed by atoms with van der Waals surface area (Å²) in [6.45, 7) is 0.725. The lowest BCUT2D eigenvalue weighted by Crippen LogP contribution is -2.58. The van der Waals surface area contributed by atoms with Crippen LogP contribution in [0.3, 0.4) is 0 Å². The van der Waals surface area contributed by atoms with E-state index in [0.29, 0.717) is 11.8 Å². The number of hydrogen-bond donors (Lipinski definition) is 2. The van der Waals surface area contributed by atoms with E-state index in [9.17, 15) is 4.79 Å². The van der Waals surface area contributed by atoms with Crippen LogP contribution in [0.5, 0.6) is 0 Å². The van der Waals surface area contributed by atoms with E-state index in [1.807, 2.05) is 0 Å². The van der Waals surface area contributed by atoms with Crippen LogP contribution in [0.1, 0.15) is 32.1 Å². The Bertz CT molecular complexity index is 304. The molecule has 0 spiro atoms. The van der Waals surface area contributed by atoms with Crippen LogP contribution in [0.4, 0.5) is 0 Å². The zero-order chi connectivity index (χ0) is 10.7. The molecule has 4 rings (SSSR count). The summed E-state index contributed by atoms with van der Waals surface area (Å²) < 4.78 is 0. The fraction of sp³-hybridized carbons (Fsp3) is 0.833. The maximum atomic E-state index is 11.7. The van der Waals surface area contributed by atoms with E-state index in [1.54, 1.807) is 0 Å². The summed E-state index contributed by atoms with van der Waals surface area (Å²) in [5, 5.41) is 0. The number of carbonyl (C=O) groups is 1. The molecule has 0 aromatic rings. The molecule has 16 heavy (non-hydrogen) atoms. The SMILES string of the molecule is Cl.NCC12CC3[CH]C(C(N)=O)(CC(C3)C1)C2. The van der Waals surface area contributed by atoms with Gasteiger partial charge < -0.3 is 11.5 Å². The predicted octanol–water partition coefficient (Wildman–Crippen LogP) is 1.25. The molecule has 4 fully saturated rings. The minimum Gasteiger partial charge on any atom is -0.369 e. The van der Waals surface area contributed by atoms with Crippen molar-refractivity contribution < 1.29 is 4.79 Å². The van der Waals surface area contributed by atoms with Gasteiger partial charge in [-0.1, -0.05) is 0 Å². The molecule has 4 bridgehead atoms. The van der Waals surface area contributed by atoms with Gasteiger partial charge in [-0.25, -0.2) is 0 Å². The van der Waals surface area contributed by atoms with Gasteiger partial charge in [0.05, 0.1) is 5.41 Å². The second-order valence-electron chi connectivity index (χ2n) is 6.04. The van der Waals surface area contributed by atoms with E-state index in [2.05, 4.69) is 6.42 Å². The van der Waals surface area contributed by atoms with Crippen molar-refractivity contribution in [3.63, 3.8) is 0 Å². The fourth-order valence-electron chi connectivity index (χ4n) is 4.62. The highest BCUT2D eigenvalue weighted by Gasteiger charge is 2.59. The molecule has 4 heteroatoms. The molecule has 0 aromatic carbocycles. The molecular weight excluding hydrogens is 224 g/mol. The van der Waals surface area contributed by atoms with Crippen molar-refractivity contribution in [3.05, 3.63) is 6.42 Å². The molecule has 4 saturated carbocycles. The van der Waals surface area contributed by atoms with Crippen molar-refractivity contribution in [2.75, 3.05) is 6.54 Å². The zero-order valence-corrected chi connectivity index (χ0v) is 10.3. The van der Waals surface area contributed by atoms with E-state index < -0.39 is 0 Å². The standard InChI is InChI=1S/C12H19N2O.ClH/c13-7-11-2-8-1-9(3-11)5-12(4-8,6-11)10(14)15;/h4,8-9H,1-3,5-7,13H2,(H2,14,15);1H. The van der Waals surface area contributed by atoms with Crippen LogP contribution >= 0.6 is 12.4 Å². The Labute approximate surface area is 103 Å². The largest absolute Gasteiger partial charge is 0.369 e. The molecule has 91 valence electrons. The number of nitrogens with two attached hydrogens (primary N) is 2. The number of carbonyl (C=O) groups excluding carboxylic acids is 1. The van der Waals surface area contributed by atoms with Crippen molar-refractivity contribution in [2.24, 2.45) is 34.1 Å². The first-order valence-electron chi connectivity index (χ1n) is 5.94. The van der Waals surface area contributed by atoms with Gasteiger partial charge in [-0.3, -0.25) is 4.79 Å². The summed E-state index contributed by atoms with van der Waals surface area (Å²) in [6.07, 6.45) is 7.83. The van der Waals surface area contributed by atoms with Gasteiger partial charge in [0.1, 0.15) is 0 Å². The Kier molecular flexibility index (Phi) is 2.75. The Morgan fingerprint density at radius 2 is 2.12 bits per heavy atom. The third-order valence-corrected chi connectivity index (χ3v) is 4.87. The van der Waals surface area contributed by atoms with Crippen LogP contribution in [-0.4, -0.2) is 12.5 Å². The molecule has 4 atom stereocenters. The minimum atomic E-state index is -0.302. The van der Waals surface area contributed by atoms with Crippen LogP contribution in [0.15, 0.2) is 0 Å². The average molecular weight is 244 g/mol. The number of hydrogen-bond acceptors (Lipinski definition) is 2. The maximum absolute atomic E-state index is 11.7. The van der Waals surface area contributed by atoms with Crippen LogP contribution in [0.25, 0.3) is 0 Å². The van der Waals surface area contributed by atoms with Gasteiger partial charge in [-0.2, -0.15) is 0 Å². The second kappa shape index (κ2) is 3.61. The van der Waals surface area contributed by atoms with Gasteiger partial charge in [0.15, 0.2) is 0 Å². The number of primary amides is 1. The number of halogens is 1. The quantitative estimate of drug-likeness (QED) is 0.767. The Balaban J connectivity index is 0.000000963. The highest BCUT2D eigenvalue weighted by Crippen LogP contribution is 2.64. The molecule has 4 aliphatic carbocycles. The first-order valence-corrected chi connectivity index (χ1v) is 5.94. The summed E-state index contributed by atoms with van der Waals surface area (Å²) in [4.78, 5) is 11.7. The van der Waals surface area contributed by atoms with Crippen LogP contribution < -0.4 is 11.5 Å². The lowest BCUT2D eigenvalue weighted by atomic mass is 9.44. The molecule has 1 radical (unpaired) electrons. The summed E-state index contributed by atoms with van der Waals surface area (Å²) in [7, 11) is 0. The zero-order valence-electron chi connectivity index (χ0n) is 9.45. The highest BCUT2D eigenvalue weighted by molar-refractivity contribution is 5.85. The second-order valence-corrected chi connectivity index (χ2v) is 6.04. The number of amides is 1. The molecule has 1 amide bonds. The lowest BCUT2D eigenvalue weighted by molar-refractivity contribution is -0.141. The normalized spacial score (nSPS) is 48.8. The van der Waals surface area contributed by atoms with Crippen molar-refractivity contribution in [1.82, 2.24) is 0 Å². The van der Waals surface area contributed by atoms with Gasteiger partial charge in [-0.15, -0.1) is 12.4 Å².